The zero-order chi connectivity index (χ0) is 18.6. The van der Waals surface area contributed by atoms with E-state index in [-0.39, 0.29) is 5.91 Å². The summed E-state index contributed by atoms with van der Waals surface area (Å²) in [7, 11) is 0. The van der Waals surface area contributed by atoms with E-state index in [0.717, 1.165) is 57.9 Å². The fraction of sp³-hybridized carbons (Fsp3) is 0.500. The van der Waals surface area contributed by atoms with E-state index < -0.39 is 0 Å². The molecule has 4 heterocycles. The van der Waals surface area contributed by atoms with Gasteiger partial charge in [0.05, 0.1) is 0 Å². The summed E-state index contributed by atoms with van der Waals surface area (Å²) in [6, 6.07) is 7.70. The van der Waals surface area contributed by atoms with Crippen LogP contribution in [0.5, 0.6) is 0 Å². The minimum atomic E-state index is 0.0256. The van der Waals surface area contributed by atoms with E-state index in [9.17, 15) is 4.79 Å². The molecule has 0 atom stereocenters. The molecule has 7 nitrogen and oxygen atoms in total. The zero-order valence-electron chi connectivity index (χ0n) is 15.8. The molecule has 27 heavy (non-hydrogen) atoms. The molecule has 0 unspecified atom stereocenters. The van der Waals surface area contributed by atoms with Crippen LogP contribution >= 0.6 is 0 Å². The van der Waals surface area contributed by atoms with Crippen LogP contribution in [0.25, 0.3) is 0 Å². The van der Waals surface area contributed by atoms with Gasteiger partial charge in [0, 0.05) is 51.7 Å². The highest BCUT2D eigenvalue weighted by Gasteiger charge is 2.24. The molecule has 0 saturated carbocycles. The molecular formula is C20H26N6O. The minimum Gasteiger partial charge on any atom is -0.353 e. The maximum atomic E-state index is 12.8. The van der Waals surface area contributed by atoms with Crippen LogP contribution in [-0.2, 0) is 0 Å². The van der Waals surface area contributed by atoms with Gasteiger partial charge in [0.2, 0.25) is 5.95 Å². The number of amides is 1. The van der Waals surface area contributed by atoms with Gasteiger partial charge in [-0.25, -0.2) is 15.0 Å². The summed E-state index contributed by atoms with van der Waals surface area (Å²) in [5, 5.41) is 0. The van der Waals surface area contributed by atoms with Crippen LogP contribution in [0.1, 0.15) is 30.3 Å². The molecule has 142 valence electrons. The summed E-state index contributed by atoms with van der Waals surface area (Å²) >= 11 is 0. The van der Waals surface area contributed by atoms with Crippen LogP contribution in [0, 0.1) is 5.92 Å². The molecule has 1 amide bonds. The summed E-state index contributed by atoms with van der Waals surface area (Å²) in [5.41, 5.74) is 0.502. The molecule has 0 N–H and O–H groups in total. The molecule has 2 aromatic rings. The molecule has 4 rings (SSSR count). The Hall–Kier alpha value is -2.70. The van der Waals surface area contributed by atoms with Crippen molar-refractivity contribution >= 4 is 17.7 Å². The first-order valence-corrected chi connectivity index (χ1v) is 9.74. The highest BCUT2D eigenvalue weighted by Crippen LogP contribution is 2.19. The van der Waals surface area contributed by atoms with Crippen molar-refractivity contribution in [1.29, 1.82) is 0 Å². The van der Waals surface area contributed by atoms with Crippen LogP contribution in [0.3, 0.4) is 0 Å². The zero-order valence-corrected chi connectivity index (χ0v) is 15.8. The SMILES string of the molecule is CC1CCN(C(=O)c2ccnc(N3CCN(c4ccccn4)CC3)n2)CC1. The van der Waals surface area contributed by atoms with Crippen LogP contribution in [0.15, 0.2) is 36.7 Å². The Labute approximate surface area is 160 Å². The smallest absolute Gasteiger partial charge is 0.272 e. The standard InChI is InChI=1S/C20H26N6O/c1-16-6-10-25(11-7-16)19(27)17-5-9-22-20(23-17)26-14-12-24(13-15-26)18-4-2-3-8-21-18/h2-5,8-9,16H,6-7,10-15H2,1H3. The highest BCUT2D eigenvalue weighted by atomic mass is 16.2. The molecule has 2 aliphatic heterocycles. The quantitative estimate of drug-likeness (QED) is 0.829. The molecule has 0 bridgehead atoms. The Morgan fingerprint density at radius 3 is 2.37 bits per heavy atom. The van der Waals surface area contributed by atoms with E-state index in [1.54, 1.807) is 12.3 Å². The number of nitrogens with zero attached hydrogens (tertiary/aromatic N) is 6. The first kappa shape index (κ1) is 17.7. The van der Waals surface area contributed by atoms with Crippen LogP contribution in [-0.4, -0.2) is 65.0 Å². The Kier molecular flexibility index (Phi) is 5.18. The summed E-state index contributed by atoms with van der Waals surface area (Å²) in [6.45, 7) is 7.25. The molecule has 7 heteroatoms. The Bertz CT molecular complexity index is 767. The number of anilines is 2. The predicted octanol–water partition coefficient (Wildman–Crippen LogP) is 2.07. The van der Waals surface area contributed by atoms with Crippen molar-refractivity contribution in [2.45, 2.75) is 19.8 Å². The van der Waals surface area contributed by atoms with E-state index in [0.29, 0.717) is 17.6 Å². The van der Waals surface area contributed by atoms with Crippen molar-refractivity contribution in [2.24, 2.45) is 5.92 Å². The Morgan fingerprint density at radius 1 is 0.926 bits per heavy atom. The minimum absolute atomic E-state index is 0.0256. The number of hydrogen-bond donors (Lipinski definition) is 0. The number of pyridine rings is 1. The monoisotopic (exact) mass is 366 g/mol. The molecule has 2 fully saturated rings. The number of carbonyl (C=O) groups excluding carboxylic acids is 1. The fourth-order valence-electron chi connectivity index (χ4n) is 3.67. The summed E-state index contributed by atoms with van der Waals surface area (Å²) in [5.74, 6) is 2.37. The average molecular weight is 366 g/mol. The lowest BCUT2D eigenvalue weighted by Gasteiger charge is -2.35. The summed E-state index contributed by atoms with van der Waals surface area (Å²) in [4.78, 5) is 32.5. The second-order valence-electron chi connectivity index (χ2n) is 7.38. The number of piperidine rings is 1. The van der Waals surface area contributed by atoms with Gasteiger partial charge in [0.1, 0.15) is 11.5 Å². The number of piperazine rings is 1. The number of hydrogen-bond acceptors (Lipinski definition) is 6. The molecular weight excluding hydrogens is 340 g/mol. The molecule has 2 aromatic heterocycles. The van der Waals surface area contributed by atoms with E-state index in [2.05, 4.69) is 31.7 Å². The van der Waals surface area contributed by atoms with Gasteiger partial charge < -0.3 is 14.7 Å². The van der Waals surface area contributed by atoms with E-state index in [1.807, 2.05) is 29.3 Å². The third kappa shape index (κ3) is 4.02. The molecule has 2 saturated heterocycles. The van der Waals surface area contributed by atoms with Crippen molar-refractivity contribution in [3.63, 3.8) is 0 Å². The van der Waals surface area contributed by atoms with Gasteiger partial charge in [-0.15, -0.1) is 0 Å². The van der Waals surface area contributed by atoms with E-state index in [4.69, 9.17) is 0 Å². The van der Waals surface area contributed by atoms with Gasteiger partial charge in [-0.2, -0.15) is 0 Å². The predicted molar refractivity (Wildman–Crippen MR) is 105 cm³/mol. The molecule has 2 aliphatic rings. The van der Waals surface area contributed by atoms with Crippen molar-refractivity contribution < 1.29 is 4.79 Å². The first-order valence-electron chi connectivity index (χ1n) is 9.74. The molecule has 0 spiro atoms. The second-order valence-corrected chi connectivity index (χ2v) is 7.38. The van der Waals surface area contributed by atoms with Crippen LogP contribution in [0.2, 0.25) is 0 Å². The van der Waals surface area contributed by atoms with Crippen LogP contribution in [0.4, 0.5) is 11.8 Å². The third-order valence-corrected chi connectivity index (χ3v) is 5.47. The maximum absolute atomic E-state index is 12.8. The van der Waals surface area contributed by atoms with Gasteiger partial charge in [-0.05, 0) is 37.0 Å². The van der Waals surface area contributed by atoms with Crippen molar-refractivity contribution in [1.82, 2.24) is 19.9 Å². The largest absolute Gasteiger partial charge is 0.353 e. The van der Waals surface area contributed by atoms with Crippen LogP contribution < -0.4 is 9.80 Å². The van der Waals surface area contributed by atoms with Gasteiger partial charge >= 0.3 is 0 Å². The van der Waals surface area contributed by atoms with Crippen molar-refractivity contribution in [3.05, 3.63) is 42.4 Å². The fourth-order valence-corrected chi connectivity index (χ4v) is 3.67. The second kappa shape index (κ2) is 7.90. The lowest BCUT2D eigenvalue weighted by atomic mass is 9.99. The lowest BCUT2D eigenvalue weighted by molar-refractivity contribution is 0.0691. The molecule has 0 aliphatic carbocycles. The first-order chi connectivity index (χ1) is 13.2. The van der Waals surface area contributed by atoms with E-state index in [1.165, 1.54) is 0 Å². The third-order valence-electron chi connectivity index (χ3n) is 5.47. The topological polar surface area (TPSA) is 65.5 Å². The van der Waals surface area contributed by atoms with Gasteiger partial charge in [-0.1, -0.05) is 13.0 Å². The summed E-state index contributed by atoms with van der Waals surface area (Å²) < 4.78 is 0. The van der Waals surface area contributed by atoms with Gasteiger partial charge in [-0.3, -0.25) is 4.79 Å². The number of carbonyl (C=O) groups is 1. The summed E-state index contributed by atoms with van der Waals surface area (Å²) in [6.07, 6.45) is 5.66. The number of aromatic nitrogens is 3. The number of likely N-dealkylation sites (tertiary alicyclic amines) is 1. The average Bonchev–Trinajstić information content (AvgIpc) is 2.75. The lowest BCUT2D eigenvalue weighted by Crippen LogP contribution is -2.47. The maximum Gasteiger partial charge on any atom is 0.272 e. The van der Waals surface area contributed by atoms with Gasteiger partial charge in [0.15, 0.2) is 0 Å². The Morgan fingerprint density at radius 2 is 1.67 bits per heavy atom. The molecule has 0 aromatic carbocycles. The van der Waals surface area contributed by atoms with Gasteiger partial charge in [0.25, 0.3) is 5.91 Å². The normalized spacial score (nSPS) is 18.6. The highest BCUT2D eigenvalue weighted by molar-refractivity contribution is 5.92. The van der Waals surface area contributed by atoms with E-state index >= 15 is 0 Å². The molecule has 0 radical (unpaired) electrons. The number of rotatable bonds is 3. The van der Waals surface area contributed by atoms with Crippen molar-refractivity contribution in [2.75, 3.05) is 49.1 Å². The Balaban J connectivity index is 1.40. The van der Waals surface area contributed by atoms with Crippen molar-refractivity contribution in [3.8, 4) is 0 Å².